The number of halogens is 2. The van der Waals surface area contributed by atoms with Crippen LogP contribution in [0.5, 0.6) is 0 Å². The zero-order chi connectivity index (χ0) is 19.0. The van der Waals surface area contributed by atoms with Gasteiger partial charge in [0.2, 0.25) is 0 Å². The van der Waals surface area contributed by atoms with Crippen LogP contribution in [0.2, 0.25) is 0 Å². The number of nitrogens with zero attached hydrogens (tertiary/aromatic N) is 2. The van der Waals surface area contributed by atoms with Crippen LogP contribution in [0.25, 0.3) is 11.0 Å². The number of benzene rings is 2. The molecule has 27 heavy (non-hydrogen) atoms. The van der Waals surface area contributed by atoms with E-state index >= 15 is 0 Å². The van der Waals surface area contributed by atoms with Crippen molar-refractivity contribution in [3.8, 4) is 0 Å². The van der Waals surface area contributed by atoms with Crippen molar-refractivity contribution < 1.29 is 17.2 Å². The first kappa shape index (κ1) is 18.1. The Kier molecular flexibility index (Phi) is 4.75. The van der Waals surface area contributed by atoms with E-state index in [0.29, 0.717) is 11.0 Å². The van der Waals surface area contributed by atoms with Crippen molar-refractivity contribution in [3.05, 3.63) is 77.2 Å². The zero-order valence-corrected chi connectivity index (χ0v) is 16.1. The highest BCUT2D eigenvalue weighted by Gasteiger charge is 2.25. The predicted octanol–water partition coefficient (Wildman–Crippen LogP) is 4.91. The lowest BCUT2D eigenvalue weighted by Crippen LogP contribution is -2.13. The van der Waals surface area contributed by atoms with Gasteiger partial charge in [0.05, 0.1) is 11.0 Å². The van der Waals surface area contributed by atoms with E-state index < -0.39 is 21.7 Å². The number of thiophene rings is 1. The molecule has 0 atom stereocenters. The van der Waals surface area contributed by atoms with Crippen molar-refractivity contribution >= 4 is 44.2 Å². The number of hydrogen-bond acceptors (Lipinski definition) is 5. The van der Waals surface area contributed by atoms with Gasteiger partial charge in [0, 0.05) is 11.3 Å². The number of rotatable bonds is 5. The van der Waals surface area contributed by atoms with Gasteiger partial charge in [-0.25, -0.2) is 17.7 Å². The van der Waals surface area contributed by atoms with Crippen LogP contribution in [-0.4, -0.2) is 17.4 Å². The van der Waals surface area contributed by atoms with Crippen LogP contribution < -0.4 is 0 Å². The van der Waals surface area contributed by atoms with Crippen LogP contribution in [0.1, 0.15) is 5.56 Å². The molecule has 0 unspecified atom stereocenters. The highest BCUT2D eigenvalue weighted by atomic mass is 32.2. The number of hydrogen-bond donors (Lipinski definition) is 0. The number of aromatic nitrogens is 2. The minimum Gasteiger partial charge on any atom is -0.222 e. The fraction of sp³-hybridized carbons (Fsp3) is 0.0556. The van der Waals surface area contributed by atoms with Gasteiger partial charge < -0.3 is 0 Å². The molecule has 0 bridgehead atoms. The van der Waals surface area contributed by atoms with Crippen molar-refractivity contribution in [1.82, 2.24) is 8.96 Å². The van der Waals surface area contributed by atoms with Gasteiger partial charge >= 0.3 is 0 Å². The molecule has 2 aromatic heterocycles. The lowest BCUT2D eigenvalue weighted by molar-refractivity contribution is 0.566. The molecular weight excluding hydrogens is 410 g/mol. The third-order valence-electron chi connectivity index (χ3n) is 3.89. The van der Waals surface area contributed by atoms with E-state index in [1.807, 2.05) is 0 Å². The summed E-state index contributed by atoms with van der Waals surface area (Å²) in [6, 6.07) is 13.6. The minimum atomic E-state index is -3.87. The van der Waals surface area contributed by atoms with E-state index in [4.69, 9.17) is 0 Å². The van der Waals surface area contributed by atoms with Gasteiger partial charge in [-0.05, 0) is 35.7 Å². The number of fused-ring (bicyclic) bond motifs is 1. The normalized spacial score (nSPS) is 11.9. The highest BCUT2D eigenvalue weighted by Crippen LogP contribution is 2.32. The van der Waals surface area contributed by atoms with Crippen LogP contribution in [-0.2, 0) is 15.8 Å². The standard InChI is InChI=1S/C18H12F2N2O2S3/c19-13-5-3-6-14(20)12(13)11-26-18-21-15-7-1-2-8-16(15)22(18)27(23,24)17-9-4-10-25-17/h1-10H,11H2. The molecular formula is C18H12F2N2O2S3. The van der Waals surface area contributed by atoms with E-state index in [-0.39, 0.29) is 20.7 Å². The van der Waals surface area contributed by atoms with Crippen molar-refractivity contribution in [2.75, 3.05) is 0 Å². The largest absolute Gasteiger partial charge is 0.279 e. The van der Waals surface area contributed by atoms with Gasteiger partial charge in [-0.15, -0.1) is 11.3 Å². The van der Waals surface area contributed by atoms with Gasteiger partial charge in [-0.1, -0.05) is 36.0 Å². The quantitative estimate of drug-likeness (QED) is 0.429. The average molecular weight is 423 g/mol. The second-order valence-electron chi connectivity index (χ2n) is 5.57. The number of thioether (sulfide) groups is 1. The summed E-state index contributed by atoms with van der Waals surface area (Å²) in [4.78, 5) is 4.37. The molecule has 0 saturated carbocycles. The molecule has 4 nitrogen and oxygen atoms in total. The molecule has 138 valence electrons. The maximum absolute atomic E-state index is 13.9. The zero-order valence-electron chi connectivity index (χ0n) is 13.7. The van der Waals surface area contributed by atoms with E-state index in [0.717, 1.165) is 27.1 Å². The SMILES string of the molecule is O=S(=O)(c1cccs1)n1c(SCc2c(F)cccc2F)nc2ccccc21. The second-order valence-corrected chi connectivity index (χ2v) is 9.48. The maximum atomic E-state index is 13.9. The first-order chi connectivity index (χ1) is 13.0. The molecule has 0 amide bonds. The minimum absolute atomic E-state index is 0.0816. The highest BCUT2D eigenvalue weighted by molar-refractivity contribution is 7.99. The first-order valence-electron chi connectivity index (χ1n) is 7.81. The predicted molar refractivity (Wildman–Crippen MR) is 103 cm³/mol. The Morgan fingerprint density at radius 2 is 1.74 bits per heavy atom. The smallest absolute Gasteiger partial charge is 0.222 e. The Balaban J connectivity index is 1.82. The average Bonchev–Trinajstić information content (AvgIpc) is 3.29. The number of para-hydroxylation sites is 2. The molecule has 0 saturated heterocycles. The third-order valence-corrected chi connectivity index (χ3v) is 8.05. The summed E-state index contributed by atoms with van der Waals surface area (Å²) in [5.74, 6) is -1.43. The van der Waals surface area contributed by atoms with Crippen molar-refractivity contribution in [2.45, 2.75) is 15.1 Å². The van der Waals surface area contributed by atoms with Gasteiger partial charge in [0.15, 0.2) is 5.16 Å². The third kappa shape index (κ3) is 3.26. The van der Waals surface area contributed by atoms with Crippen molar-refractivity contribution in [2.24, 2.45) is 0 Å². The van der Waals surface area contributed by atoms with Crippen LogP contribution >= 0.6 is 23.1 Å². The molecule has 2 aromatic carbocycles. The molecule has 0 radical (unpaired) electrons. The molecule has 4 rings (SSSR count). The lowest BCUT2D eigenvalue weighted by Gasteiger charge is -2.09. The fourth-order valence-electron chi connectivity index (χ4n) is 2.61. The summed E-state index contributed by atoms with van der Waals surface area (Å²) in [6.45, 7) is 0. The summed E-state index contributed by atoms with van der Waals surface area (Å²) in [5, 5.41) is 1.83. The van der Waals surface area contributed by atoms with E-state index in [1.54, 1.807) is 35.7 Å². The van der Waals surface area contributed by atoms with E-state index in [1.165, 1.54) is 24.3 Å². The van der Waals surface area contributed by atoms with Crippen LogP contribution in [0.3, 0.4) is 0 Å². The Labute approximate surface area is 162 Å². The maximum Gasteiger partial charge on any atom is 0.279 e. The van der Waals surface area contributed by atoms with Crippen LogP contribution in [0.15, 0.2) is 69.3 Å². The Morgan fingerprint density at radius 3 is 2.44 bits per heavy atom. The van der Waals surface area contributed by atoms with Crippen LogP contribution in [0, 0.1) is 11.6 Å². The topological polar surface area (TPSA) is 52.0 Å². The summed E-state index contributed by atoms with van der Waals surface area (Å²) in [5.41, 5.74) is 0.797. The molecule has 2 heterocycles. The molecule has 0 aliphatic rings. The van der Waals surface area contributed by atoms with Gasteiger partial charge in [0.1, 0.15) is 15.8 Å². The summed E-state index contributed by atoms with van der Waals surface area (Å²) < 4.78 is 55.4. The van der Waals surface area contributed by atoms with Crippen LogP contribution in [0.4, 0.5) is 8.78 Å². The van der Waals surface area contributed by atoms with Gasteiger partial charge in [0.25, 0.3) is 10.0 Å². The first-order valence-corrected chi connectivity index (χ1v) is 11.1. The monoisotopic (exact) mass is 422 g/mol. The summed E-state index contributed by atoms with van der Waals surface area (Å²) >= 11 is 2.07. The fourth-order valence-corrected chi connectivity index (χ4v) is 6.41. The summed E-state index contributed by atoms with van der Waals surface area (Å²) in [6.07, 6.45) is 0. The second kappa shape index (κ2) is 7.06. The molecule has 0 fully saturated rings. The van der Waals surface area contributed by atoms with Crippen molar-refractivity contribution in [3.63, 3.8) is 0 Å². The van der Waals surface area contributed by atoms with E-state index in [2.05, 4.69) is 4.98 Å². The van der Waals surface area contributed by atoms with Gasteiger partial charge in [-0.2, -0.15) is 8.42 Å². The van der Waals surface area contributed by atoms with Crippen molar-refractivity contribution in [1.29, 1.82) is 0 Å². The Morgan fingerprint density at radius 1 is 1.00 bits per heavy atom. The van der Waals surface area contributed by atoms with E-state index in [9.17, 15) is 17.2 Å². The number of imidazole rings is 1. The molecule has 0 aliphatic carbocycles. The summed E-state index contributed by atoms with van der Waals surface area (Å²) in [7, 11) is -3.87. The van der Waals surface area contributed by atoms with Gasteiger partial charge in [-0.3, -0.25) is 0 Å². The molecule has 0 spiro atoms. The Bertz CT molecular complexity index is 1200. The molecule has 0 N–H and O–H groups in total. The molecule has 0 aliphatic heterocycles. The lowest BCUT2D eigenvalue weighted by atomic mass is 10.2. The Hall–Kier alpha value is -2.23. The molecule has 9 heteroatoms. The molecule has 4 aromatic rings.